The number of rotatable bonds is 0. The summed E-state index contributed by atoms with van der Waals surface area (Å²) in [5.41, 5.74) is 0. The Morgan fingerprint density at radius 3 is 0.444 bits per heavy atom. The second kappa shape index (κ2) is 200. The molecule has 9 heavy (non-hydrogen) atoms. The van der Waals surface area contributed by atoms with Crippen LogP contribution in [-0.4, -0.2) is 70.6 Å². The molecule has 9 heteroatoms. The van der Waals surface area contributed by atoms with Crippen molar-refractivity contribution < 1.29 is 66.1 Å². The standard InChI is InChI=1S/Ca.Co.Ni.6H2O/h;;;6*1H2/q3*+2;;;;;;/p-6. The topological polar surface area (TPSA) is 180 Å². The molecule has 0 aliphatic rings. The third-order valence-corrected chi connectivity index (χ3v) is 0. The zero-order valence-electron chi connectivity index (χ0n) is 4.04. The molecule has 0 aliphatic heterocycles. The SMILES string of the molecule is [Ca+2].[Co+2].[Ni+2].[OH-].[OH-].[OH-].[OH-].[OH-].[OH-]. The van der Waals surface area contributed by atoms with Crippen molar-refractivity contribution in [2.24, 2.45) is 0 Å². The molecule has 0 heterocycles. The minimum Gasteiger partial charge on any atom is -0.870 e. The fourth-order valence-electron chi connectivity index (χ4n) is 0. The van der Waals surface area contributed by atoms with Gasteiger partial charge in [-0.1, -0.05) is 0 Å². The summed E-state index contributed by atoms with van der Waals surface area (Å²) in [5, 5.41) is 0. The van der Waals surface area contributed by atoms with E-state index in [1.54, 1.807) is 0 Å². The molecule has 0 rings (SSSR count). The summed E-state index contributed by atoms with van der Waals surface area (Å²) in [5.74, 6) is 0. The molecule has 0 aromatic heterocycles. The van der Waals surface area contributed by atoms with E-state index < -0.39 is 0 Å². The Morgan fingerprint density at radius 1 is 0.444 bits per heavy atom. The van der Waals surface area contributed by atoms with Gasteiger partial charge < -0.3 is 32.9 Å². The van der Waals surface area contributed by atoms with Gasteiger partial charge in [0.15, 0.2) is 0 Å². The fourth-order valence-corrected chi connectivity index (χ4v) is 0. The van der Waals surface area contributed by atoms with Crippen LogP contribution in [0.3, 0.4) is 0 Å². The molecule has 0 aromatic carbocycles. The predicted molar refractivity (Wildman–Crippen MR) is 17.4 cm³/mol. The molecule has 0 saturated heterocycles. The molecule has 6 N–H and O–H groups in total. The van der Waals surface area contributed by atoms with Gasteiger partial charge in [0.2, 0.25) is 0 Å². The molecule has 1 radical (unpaired) electrons. The summed E-state index contributed by atoms with van der Waals surface area (Å²) < 4.78 is 0. The first-order chi connectivity index (χ1) is 0. The van der Waals surface area contributed by atoms with Crippen LogP contribution < -0.4 is 0 Å². The number of hydrogen-bond acceptors (Lipinski definition) is 6. The Kier molecular flexibility index (Phi) is 6020. The van der Waals surface area contributed by atoms with Crippen LogP contribution in [0.15, 0.2) is 0 Å². The number of hydrogen-bond donors (Lipinski definition) is 0. The van der Waals surface area contributed by atoms with Crippen molar-refractivity contribution >= 4 is 37.7 Å². The molecular weight excluding hydrogens is 254 g/mol. The van der Waals surface area contributed by atoms with Crippen molar-refractivity contribution in [3.8, 4) is 0 Å². The van der Waals surface area contributed by atoms with Crippen LogP contribution in [0.25, 0.3) is 0 Å². The predicted octanol–water partition coefficient (Wildman–Crippen LogP) is -1.45. The molecular formula is H6CaCoNiO6. The van der Waals surface area contributed by atoms with Crippen LogP contribution in [-0.2, 0) is 33.3 Å². The smallest absolute Gasteiger partial charge is 0.870 e. The van der Waals surface area contributed by atoms with Gasteiger partial charge in [-0.3, -0.25) is 0 Å². The van der Waals surface area contributed by atoms with Gasteiger partial charge in [0.05, 0.1) is 0 Å². The third kappa shape index (κ3) is 158. The van der Waals surface area contributed by atoms with E-state index in [1.165, 1.54) is 0 Å². The van der Waals surface area contributed by atoms with E-state index in [1.807, 2.05) is 0 Å². The Bertz CT molecular complexity index is 13.0. The van der Waals surface area contributed by atoms with E-state index in [4.69, 9.17) is 0 Å². The monoisotopic (exact) mass is 259 g/mol. The second-order valence-electron chi connectivity index (χ2n) is 0. The summed E-state index contributed by atoms with van der Waals surface area (Å²) in [6, 6.07) is 0. The van der Waals surface area contributed by atoms with Crippen LogP contribution in [0.2, 0.25) is 0 Å². The van der Waals surface area contributed by atoms with Gasteiger partial charge in [-0.25, -0.2) is 0 Å². The van der Waals surface area contributed by atoms with Crippen LogP contribution in [0.4, 0.5) is 0 Å². The maximum atomic E-state index is 0. The van der Waals surface area contributed by atoms with Crippen LogP contribution in [0.5, 0.6) is 0 Å². The molecule has 0 aliphatic carbocycles. The molecule has 0 saturated carbocycles. The Hall–Kier alpha value is 2.02. The largest absolute Gasteiger partial charge is 2.00 e. The summed E-state index contributed by atoms with van der Waals surface area (Å²) in [6.07, 6.45) is 0. The van der Waals surface area contributed by atoms with Gasteiger partial charge >= 0.3 is 71.0 Å². The first kappa shape index (κ1) is 271. The van der Waals surface area contributed by atoms with Crippen LogP contribution in [0.1, 0.15) is 0 Å². The van der Waals surface area contributed by atoms with E-state index in [0.29, 0.717) is 0 Å². The van der Waals surface area contributed by atoms with Crippen LogP contribution >= 0.6 is 0 Å². The molecule has 63 valence electrons. The Labute approximate surface area is 103 Å². The third-order valence-electron chi connectivity index (χ3n) is 0. The summed E-state index contributed by atoms with van der Waals surface area (Å²) in [7, 11) is 0. The Balaban J connectivity index is 0. The van der Waals surface area contributed by atoms with Crippen molar-refractivity contribution in [2.45, 2.75) is 0 Å². The quantitative estimate of drug-likeness (QED) is 0.480. The molecule has 0 bridgehead atoms. The van der Waals surface area contributed by atoms with Crippen molar-refractivity contribution in [1.29, 1.82) is 0 Å². The molecule has 6 nitrogen and oxygen atoms in total. The summed E-state index contributed by atoms with van der Waals surface area (Å²) in [4.78, 5) is 0. The normalized spacial score (nSPS) is 0. The average molecular weight is 260 g/mol. The van der Waals surface area contributed by atoms with Gasteiger partial charge in [-0.2, -0.15) is 0 Å². The molecule has 0 aromatic rings. The summed E-state index contributed by atoms with van der Waals surface area (Å²) in [6.45, 7) is 0. The van der Waals surface area contributed by atoms with Gasteiger partial charge in [-0.05, 0) is 0 Å². The van der Waals surface area contributed by atoms with E-state index in [-0.39, 0.29) is 104 Å². The first-order valence-corrected chi connectivity index (χ1v) is 0. The minimum absolute atomic E-state index is 0. The van der Waals surface area contributed by atoms with Crippen molar-refractivity contribution in [3.05, 3.63) is 0 Å². The van der Waals surface area contributed by atoms with Crippen molar-refractivity contribution in [3.63, 3.8) is 0 Å². The van der Waals surface area contributed by atoms with Gasteiger partial charge in [0.25, 0.3) is 0 Å². The molecule has 0 amide bonds. The summed E-state index contributed by atoms with van der Waals surface area (Å²) >= 11 is 0. The van der Waals surface area contributed by atoms with E-state index in [0.717, 1.165) is 0 Å². The first-order valence-electron chi connectivity index (χ1n) is 0. The zero-order valence-corrected chi connectivity index (χ0v) is 8.28. The fraction of sp³-hybridized carbons (Fsp3) is 0. The maximum Gasteiger partial charge on any atom is 2.00 e. The van der Waals surface area contributed by atoms with Gasteiger partial charge in [0, 0.05) is 0 Å². The van der Waals surface area contributed by atoms with E-state index in [9.17, 15) is 0 Å². The van der Waals surface area contributed by atoms with Gasteiger partial charge in [0.1, 0.15) is 0 Å². The molecule has 0 atom stereocenters. The second-order valence-corrected chi connectivity index (χ2v) is 0. The van der Waals surface area contributed by atoms with Crippen molar-refractivity contribution in [2.75, 3.05) is 0 Å². The minimum atomic E-state index is 0. The molecule has 0 spiro atoms. The van der Waals surface area contributed by atoms with Crippen LogP contribution in [0, 0.1) is 0 Å². The molecule has 0 unspecified atom stereocenters. The molecule has 0 fully saturated rings. The zero-order chi connectivity index (χ0) is 0. The van der Waals surface area contributed by atoms with Crippen molar-refractivity contribution in [1.82, 2.24) is 0 Å². The Morgan fingerprint density at radius 2 is 0.444 bits per heavy atom. The maximum absolute atomic E-state index is 0. The van der Waals surface area contributed by atoms with Gasteiger partial charge in [-0.15, -0.1) is 0 Å². The van der Waals surface area contributed by atoms with E-state index >= 15 is 0 Å². The van der Waals surface area contributed by atoms with E-state index in [2.05, 4.69) is 0 Å². The average Bonchev–Trinajstić information content (AvgIpc) is 0.